The van der Waals surface area contributed by atoms with Crippen LogP contribution in [0.2, 0.25) is 0 Å². The molecule has 3 aliphatic carbocycles. The summed E-state index contributed by atoms with van der Waals surface area (Å²) >= 11 is 0. The third-order valence-corrected chi connectivity index (χ3v) is 10.5. The van der Waals surface area contributed by atoms with E-state index in [1.165, 1.54) is 6.07 Å². The van der Waals surface area contributed by atoms with Crippen LogP contribution in [0.4, 0.5) is 4.39 Å². The molecule has 10 heteroatoms. The Labute approximate surface area is 222 Å². The number of hydrogen-bond donors (Lipinski definition) is 2. The number of ketones is 1. The van der Waals surface area contributed by atoms with Gasteiger partial charge in [-0.05, 0) is 73.8 Å². The molecule has 206 valence electrons. The zero-order valence-corrected chi connectivity index (χ0v) is 22.2. The van der Waals surface area contributed by atoms with Crippen molar-refractivity contribution >= 4 is 24.3 Å². The summed E-state index contributed by atoms with van der Waals surface area (Å²) in [4.78, 5) is 25.0. The predicted octanol–water partition coefficient (Wildman–Crippen LogP) is 2.64. The van der Waals surface area contributed by atoms with E-state index in [4.69, 9.17) is 18.9 Å². The summed E-state index contributed by atoms with van der Waals surface area (Å²) in [5.74, 6) is -1.93. The molecule has 3 saturated carbocycles. The monoisotopic (exact) mass is 530 g/mol. The van der Waals surface area contributed by atoms with Crippen LogP contribution in [-0.4, -0.2) is 53.6 Å². The van der Waals surface area contributed by atoms with Gasteiger partial charge in [0.2, 0.25) is 0 Å². The highest BCUT2D eigenvalue weighted by Crippen LogP contribution is 2.76. The van der Waals surface area contributed by atoms with Crippen LogP contribution in [0.15, 0.2) is 12.1 Å². The highest BCUT2D eigenvalue weighted by Gasteiger charge is 2.84. The fourth-order valence-electron chi connectivity index (χ4n) is 8.02. The van der Waals surface area contributed by atoms with Crippen LogP contribution in [0.1, 0.15) is 71.3 Å². The smallest absolute Gasteiger partial charge is 0.479 e. The molecule has 1 aromatic carbocycles. The average Bonchev–Trinajstić information content (AvgIpc) is 3.12. The second-order valence-corrected chi connectivity index (χ2v) is 12.5. The number of fused-ring (bicyclic) bond motifs is 3. The number of ether oxygens (including phenoxy) is 3. The third kappa shape index (κ3) is 3.93. The molecule has 1 spiro atoms. The lowest BCUT2D eigenvalue weighted by Crippen LogP contribution is -2.60. The number of hydrogen-bond acceptors (Lipinski definition) is 8. The summed E-state index contributed by atoms with van der Waals surface area (Å²) in [7, 11) is -1.36. The van der Waals surface area contributed by atoms with Gasteiger partial charge in [0.1, 0.15) is 11.9 Å². The first-order valence-electron chi connectivity index (χ1n) is 13.8. The maximum absolute atomic E-state index is 14.9. The molecule has 1 saturated heterocycles. The summed E-state index contributed by atoms with van der Waals surface area (Å²) in [6.07, 6.45) is 4.49. The zero-order valence-electron chi connectivity index (χ0n) is 22.2. The molecule has 4 fully saturated rings. The number of benzene rings is 1. The standard InChI is InChI=1S/C28H36BFO8/c1-15-6-8-26(9-7-16(2)31)10-19(15)21(11-27-14-28(27,33)38-25(27)17(26)3)37-22(32)13-35-20-5-4-18-12-36-29(34)23(18)24(20)30/h4-5,15,17,19,21,25,33-34H,6-14H2,1-3H3/t15-,17+,19?,21-,25+,26-,27-,28?/m1/s1. The Morgan fingerprint density at radius 3 is 2.76 bits per heavy atom. The normalized spacial score (nSPS) is 40.6. The maximum Gasteiger partial charge on any atom is 0.494 e. The lowest BCUT2D eigenvalue weighted by Gasteiger charge is -2.58. The van der Waals surface area contributed by atoms with E-state index < -0.39 is 42.8 Å². The molecule has 1 aromatic rings. The quantitative estimate of drug-likeness (QED) is 0.409. The van der Waals surface area contributed by atoms with Crippen LogP contribution in [0.3, 0.4) is 0 Å². The van der Waals surface area contributed by atoms with Crippen molar-refractivity contribution in [3.05, 3.63) is 23.5 Å². The van der Waals surface area contributed by atoms with Gasteiger partial charge in [0.15, 0.2) is 24.0 Å². The van der Waals surface area contributed by atoms with E-state index in [1.807, 2.05) is 0 Å². The Balaban J connectivity index is 1.21. The summed E-state index contributed by atoms with van der Waals surface area (Å²) in [5.41, 5.74) is 0.00729. The van der Waals surface area contributed by atoms with Crippen molar-refractivity contribution in [1.29, 1.82) is 0 Å². The van der Waals surface area contributed by atoms with Gasteiger partial charge < -0.3 is 33.8 Å². The SMILES string of the molecule is CC(=O)CC[C@]12CC[C@@H](C)C(C1)[C@H](OC(=O)COc1ccc3c(c1F)B(O)OC3)C[C@]13CC1(O)O[C@H]3[C@@H]2C. The van der Waals surface area contributed by atoms with Crippen molar-refractivity contribution in [2.24, 2.45) is 28.6 Å². The lowest BCUT2D eigenvalue weighted by atomic mass is 9.52. The minimum absolute atomic E-state index is 0.0334. The van der Waals surface area contributed by atoms with Crippen LogP contribution < -0.4 is 10.2 Å². The molecule has 38 heavy (non-hydrogen) atoms. The van der Waals surface area contributed by atoms with Crippen molar-refractivity contribution in [2.75, 3.05) is 6.61 Å². The van der Waals surface area contributed by atoms with Gasteiger partial charge in [-0.1, -0.05) is 19.9 Å². The van der Waals surface area contributed by atoms with Crippen LogP contribution in [0.25, 0.3) is 0 Å². The fraction of sp³-hybridized carbons (Fsp3) is 0.714. The number of esters is 1. The largest absolute Gasteiger partial charge is 0.494 e. The van der Waals surface area contributed by atoms with Crippen LogP contribution >= 0.6 is 0 Å². The van der Waals surface area contributed by atoms with Crippen molar-refractivity contribution in [3.8, 4) is 5.75 Å². The minimum atomic E-state index is -1.36. The van der Waals surface area contributed by atoms with E-state index in [0.29, 0.717) is 30.7 Å². The van der Waals surface area contributed by atoms with Gasteiger partial charge in [-0.3, -0.25) is 0 Å². The highest BCUT2D eigenvalue weighted by molar-refractivity contribution is 6.61. The van der Waals surface area contributed by atoms with Gasteiger partial charge in [0.25, 0.3) is 0 Å². The van der Waals surface area contributed by atoms with Gasteiger partial charge in [-0.25, -0.2) is 9.18 Å². The highest BCUT2D eigenvalue weighted by atomic mass is 19.1. The molecule has 0 radical (unpaired) electrons. The molecule has 8 nitrogen and oxygen atoms in total. The van der Waals surface area contributed by atoms with Crippen LogP contribution in [0.5, 0.6) is 5.75 Å². The maximum atomic E-state index is 14.9. The average molecular weight is 530 g/mol. The lowest BCUT2D eigenvalue weighted by molar-refractivity contribution is -0.322. The first-order valence-corrected chi connectivity index (χ1v) is 13.8. The molecule has 6 rings (SSSR count). The number of rotatable bonds is 7. The molecule has 2 heterocycles. The van der Waals surface area contributed by atoms with Crippen molar-refractivity contribution in [2.45, 2.75) is 90.3 Å². The Morgan fingerprint density at radius 2 is 2.05 bits per heavy atom. The number of Topliss-reactive ketones (excluding diaryl/α,β-unsaturated/α-hetero) is 1. The number of carbonyl (C=O) groups excluding carboxylic acids is 2. The summed E-state index contributed by atoms with van der Waals surface area (Å²) < 4.78 is 37.5. The van der Waals surface area contributed by atoms with Crippen LogP contribution in [-0.2, 0) is 30.3 Å². The molecule has 8 atom stereocenters. The topological polar surface area (TPSA) is 112 Å². The van der Waals surface area contributed by atoms with Crippen molar-refractivity contribution in [1.82, 2.24) is 0 Å². The Kier molecular flexibility index (Phi) is 6.22. The summed E-state index contributed by atoms with van der Waals surface area (Å²) in [6, 6.07) is 3.03. The molecular weight excluding hydrogens is 494 g/mol. The Morgan fingerprint density at radius 1 is 1.26 bits per heavy atom. The summed E-state index contributed by atoms with van der Waals surface area (Å²) in [5, 5.41) is 20.8. The van der Waals surface area contributed by atoms with E-state index in [-0.39, 0.29) is 47.0 Å². The number of aliphatic hydroxyl groups is 1. The van der Waals surface area contributed by atoms with Crippen LogP contribution in [0, 0.1) is 34.4 Å². The molecule has 2 unspecified atom stereocenters. The second-order valence-electron chi connectivity index (χ2n) is 12.5. The molecule has 0 amide bonds. The number of halogens is 1. The van der Waals surface area contributed by atoms with Crippen molar-refractivity contribution in [3.63, 3.8) is 0 Å². The molecule has 2 bridgehead atoms. The van der Waals surface area contributed by atoms with Gasteiger partial charge in [-0.2, -0.15) is 0 Å². The van der Waals surface area contributed by atoms with Gasteiger partial charge >= 0.3 is 13.1 Å². The molecular formula is C28H36BFO8. The van der Waals surface area contributed by atoms with E-state index >= 15 is 0 Å². The summed E-state index contributed by atoms with van der Waals surface area (Å²) in [6.45, 7) is 5.64. The van der Waals surface area contributed by atoms with E-state index in [9.17, 15) is 24.1 Å². The van der Waals surface area contributed by atoms with Crippen molar-refractivity contribution < 1.29 is 43.0 Å². The minimum Gasteiger partial charge on any atom is -0.479 e. The first kappa shape index (κ1) is 26.2. The predicted molar refractivity (Wildman–Crippen MR) is 134 cm³/mol. The molecule has 0 aromatic heterocycles. The van der Waals surface area contributed by atoms with Gasteiger partial charge in [0.05, 0.1) is 18.1 Å². The second kappa shape index (κ2) is 9.01. The number of carbonyl (C=O) groups is 2. The van der Waals surface area contributed by atoms with Gasteiger partial charge in [0, 0.05) is 18.3 Å². The Bertz CT molecular complexity index is 1160. The Hall–Kier alpha value is -2.01. The third-order valence-electron chi connectivity index (χ3n) is 10.5. The van der Waals surface area contributed by atoms with E-state index in [1.54, 1.807) is 13.0 Å². The first-order chi connectivity index (χ1) is 18.0. The van der Waals surface area contributed by atoms with E-state index in [2.05, 4.69) is 13.8 Å². The molecule has 2 N–H and O–H groups in total. The molecule has 5 aliphatic rings. The van der Waals surface area contributed by atoms with E-state index in [0.717, 1.165) is 25.7 Å². The molecule has 2 aliphatic heterocycles. The fourth-order valence-corrected chi connectivity index (χ4v) is 8.02. The zero-order chi connectivity index (χ0) is 27.0. The van der Waals surface area contributed by atoms with Gasteiger partial charge in [-0.15, -0.1) is 0 Å².